The van der Waals surface area contributed by atoms with Gasteiger partial charge in [-0.3, -0.25) is 19.3 Å². The second-order valence-electron chi connectivity index (χ2n) is 9.89. The van der Waals surface area contributed by atoms with Crippen molar-refractivity contribution in [2.45, 2.75) is 25.2 Å². The number of ether oxygens (including phenoxy) is 3. The van der Waals surface area contributed by atoms with E-state index in [9.17, 15) is 19.2 Å². The van der Waals surface area contributed by atoms with Crippen molar-refractivity contribution in [3.05, 3.63) is 83.9 Å². The molecule has 0 spiro atoms. The summed E-state index contributed by atoms with van der Waals surface area (Å²) in [6.45, 7) is -0.546. The Morgan fingerprint density at radius 3 is 2.40 bits per heavy atom. The topological polar surface area (TPSA) is 111 Å². The van der Waals surface area contributed by atoms with E-state index in [2.05, 4.69) is 17.4 Å². The molecule has 3 aromatic carbocycles. The fraction of sp³-hybridized carbons (Fsp3) is 0.290. The number of nitrogens with zero attached hydrogens (tertiary/aromatic N) is 1. The molecule has 1 saturated carbocycles. The highest BCUT2D eigenvalue weighted by Gasteiger charge is 2.50. The van der Waals surface area contributed by atoms with E-state index in [1.54, 1.807) is 30.3 Å². The van der Waals surface area contributed by atoms with Crippen molar-refractivity contribution >= 4 is 35.1 Å². The first-order chi connectivity index (χ1) is 19.4. The molecule has 3 atom stereocenters. The molecule has 9 nitrogen and oxygen atoms in total. The third kappa shape index (κ3) is 5.40. The van der Waals surface area contributed by atoms with Crippen molar-refractivity contribution in [3.8, 4) is 11.5 Å². The van der Waals surface area contributed by atoms with Crippen LogP contribution in [-0.2, 0) is 19.1 Å². The van der Waals surface area contributed by atoms with Crippen LogP contribution < -0.4 is 19.7 Å². The molecule has 5 rings (SSSR count). The Bertz CT molecular complexity index is 1440. The van der Waals surface area contributed by atoms with Crippen molar-refractivity contribution in [2.75, 3.05) is 31.0 Å². The van der Waals surface area contributed by atoms with E-state index in [0.717, 1.165) is 6.42 Å². The second kappa shape index (κ2) is 11.6. The third-order valence-corrected chi connectivity index (χ3v) is 7.55. The second-order valence-corrected chi connectivity index (χ2v) is 9.89. The molecule has 40 heavy (non-hydrogen) atoms. The first-order valence-electron chi connectivity index (χ1n) is 13.1. The van der Waals surface area contributed by atoms with Gasteiger partial charge in [0.25, 0.3) is 5.91 Å². The largest absolute Gasteiger partial charge is 0.497 e. The molecule has 0 bridgehead atoms. The first-order valence-corrected chi connectivity index (χ1v) is 13.1. The van der Waals surface area contributed by atoms with E-state index in [4.69, 9.17) is 14.2 Å². The van der Waals surface area contributed by atoms with E-state index in [0.29, 0.717) is 35.7 Å². The SMILES string of the molecule is COc1ccc(OC)c(NC(=O)COC(=O)c2cccc(N3C(=O)[C@@H]4CC[C@H](c5ccccc5)C[C@H]4C3=O)c2)c1. The lowest BCUT2D eigenvalue weighted by Gasteiger charge is -2.28. The Morgan fingerprint density at radius 1 is 0.875 bits per heavy atom. The molecular formula is C31H30N2O7. The number of hydrogen-bond acceptors (Lipinski definition) is 7. The summed E-state index contributed by atoms with van der Waals surface area (Å²) < 4.78 is 15.6. The maximum atomic E-state index is 13.4. The fourth-order valence-electron chi connectivity index (χ4n) is 5.55. The molecule has 0 radical (unpaired) electrons. The van der Waals surface area contributed by atoms with Gasteiger partial charge in [0.05, 0.1) is 43.0 Å². The van der Waals surface area contributed by atoms with Gasteiger partial charge >= 0.3 is 5.97 Å². The van der Waals surface area contributed by atoms with Crippen molar-refractivity contribution in [1.82, 2.24) is 0 Å². The summed E-state index contributed by atoms with van der Waals surface area (Å²) in [5.74, 6) is -1.39. The summed E-state index contributed by atoms with van der Waals surface area (Å²) in [7, 11) is 2.97. The van der Waals surface area contributed by atoms with Gasteiger partial charge in [-0.15, -0.1) is 0 Å². The number of fused-ring (bicyclic) bond motifs is 1. The maximum Gasteiger partial charge on any atom is 0.338 e. The van der Waals surface area contributed by atoms with E-state index >= 15 is 0 Å². The Balaban J connectivity index is 1.24. The molecule has 1 aliphatic heterocycles. The minimum Gasteiger partial charge on any atom is -0.497 e. The first kappa shape index (κ1) is 26.9. The highest BCUT2D eigenvalue weighted by molar-refractivity contribution is 6.22. The fourth-order valence-corrected chi connectivity index (χ4v) is 5.55. The number of hydrogen-bond donors (Lipinski definition) is 1. The molecule has 3 amide bonds. The van der Waals surface area contributed by atoms with Crippen molar-refractivity contribution in [3.63, 3.8) is 0 Å². The van der Waals surface area contributed by atoms with Gasteiger partial charge in [0.2, 0.25) is 11.8 Å². The number of benzene rings is 3. The van der Waals surface area contributed by atoms with Gasteiger partial charge in [0.15, 0.2) is 6.61 Å². The zero-order chi connectivity index (χ0) is 28.2. The quantitative estimate of drug-likeness (QED) is 0.328. The van der Waals surface area contributed by atoms with Crippen LogP contribution in [0.3, 0.4) is 0 Å². The predicted molar refractivity (Wildman–Crippen MR) is 147 cm³/mol. The molecule has 3 aromatic rings. The number of nitrogens with one attached hydrogen (secondary N) is 1. The highest BCUT2D eigenvalue weighted by Crippen LogP contribution is 2.45. The van der Waals surface area contributed by atoms with Crippen molar-refractivity contribution in [1.29, 1.82) is 0 Å². The zero-order valence-electron chi connectivity index (χ0n) is 22.3. The summed E-state index contributed by atoms with van der Waals surface area (Å²) in [6.07, 6.45) is 2.10. The molecule has 9 heteroatoms. The van der Waals surface area contributed by atoms with Crippen LogP contribution in [0.25, 0.3) is 0 Å². The maximum absolute atomic E-state index is 13.4. The minimum atomic E-state index is -0.754. The van der Waals surface area contributed by atoms with Crippen LogP contribution in [0.1, 0.15) is 41.1 Å². The lowest BCUT2D eigenvalue weighted by atomic mass is 9.73. The smallest absolute Gasteiger partial charge is 0.338 e. The van der Waals surface area contributed by atoms with Crippen molar-refractivity contribution < 1.29 is 33.4 Å². The van der Waals surface area contributed by atoms with Gasteiger partial charge in [0, 0.05) is 6.07 Å². The number of carbonyl (C=O) groups excluding carboxylic acids is 4. The standard InChI is InChI=1S/C31H30N2O7/c1-38-23-12-14-27(39-2)26(17-23)32-28(34)18-40-31(37)21-9-6-10-22(15-21)33-29(35)24-13-11-20(16-25(24)30(33)36)19-7-4-3-5-8-19/h3-10,12,14-15,17,20,24-25H,11,13,16,18H2,1-2H3,(H,32,34)/t20-,24+,25+/m0/s1. The molecule has 1 N–H and O–H groups in total. The van der Waals surface area contributed by atoms with Crippen LogP contribution in [0.15, 0.2) is 72.8 Å². The van der Waals surface area contributed by atoms with E-state index in [1.165, 1.54) is 36.8 Å². The van der Waals surface area contributed by atoms with Gasteiger partial charge in [-0.1, -0.05) is 36.4 Å². The van der Waals surface area contributed by atoms with Crippen LogP contribution in [0.5, 0.6) is 11.5 Å². The summed E-state index contributed by atoms with van der Waals surface area (Å²) >= 11 is 0. The summed E-state index contributed by atoms with van der Waals surface area (Å²) in [5.41, 5.74) is 1.99. The monoisotopic (exact) mass is 542 g/mol. The van der Waals surface area contributed by atoms with Crippen LogP contribution >= 0.6 is 0 Å². The normalized spacial score (nSPS) is 20.1. The lowest BCUT2D eigenvalue weighted by molar-refractivity contribution is -0.122. The van der Waals surface area contributed by atoms with Gasteiger partial charge in [-0.25, -0.2) is 4.79 Å². The van der Waals surface area contributed by atoms with Gasteiger partial charge in [0.1, 0.15) is 11.5 Å². The Morgan fingerprint density at radius 2 is 1.65 bits per heavy atom. The molecule has 1 saturated heterocycles. The number of carbonyl (C=O) groups is 4. The zero-order valence-corrected chi connectivity index (χ0v) is 22.3. The molecule has 1 aliphatic carbocycles. The van der Waals surface area contributed by atoms with Crippen LogP contribution in [0.4, 0.5) is 11.4 Å². The van der Waals surface area contributed by atoms with Gasteiger partial charge in [-0.2, -0.15) is 0 Å². The Hall–Kier alpha value is -4.66. The van der Waals surface area contributed by atoms with Gasteiger partial charge < -0.3 is 19.5 Å². The molecule has 2 fully saturated rings. The minimum absolute atomic E-state index is 0.127. The lowest BCUT2D eigenvalue weighted by Crippen LogP contribution is -2.31. The number of rotatable bonds is 8. The molecule has 1 heterocycles. The predicted octanol–water partition coefficient (Wildman–Crippen LogP) is 4.57. The molecule has 2 aliphatic rings. The number of anilines is 2. The summed E-state index contributed by atoms with van der Waals surface area (Å²) in [6, 6.07) is 21.2. The molecule has 206 valence electrons. The van der Waals surface area contributed by atoms with Crippen molar-refractivity contribution in [2.24, 2.45) is 11.8 Å². The Kier molecular flexibility index (Phi) is 7.82. The molecule has 0 unspecified atom stereocenters. The van der Waals surface area contributed by atoms with E-state index in [-0.39, 0.29) is 35.1 Å². The van der Waals surface area contributed by atoms with Gasteiger partial charge in [-0.05, 0) is 61.1 Å². The average Bonchev–Trinajstić information content (AvgIpc) is 3.24. The number of imide groups is 1. The highest BCUT2D eigenvalue weighted by atomic mass is 16.5. The third-order valence-electron chi connectivity index (χ3n) is 7.55. The Labute approximate surface area is 232 Å². The summed E-state index contributed by atoms with van der Waals surface area (Å²) in [4.78, 5) is 53.1. The number of methoxy groups -OCH3 is 2. The molecule has 0 aromatic heterocycles. The number of amides is 3. The van der Waals surface area contributed by atoms with Crippen LogP contribution in [-0.4, -0.2) is 44.5 Å². The van der Waals surface area contributed by atoms with E-state index in [1.807, 2.05) is 18.2 Å². The van der Waals surface area contributed by atoms with Crippen LogP contribution in [0.2, 0.25) is 0 Å². The van der Waals surface area contributed by atoms with E-state index < -0.39 is 18.5 Å². The summed E-state index contributed by atoms with van der Waals surface area (Å²) in [5, 5.41) is 2.64. The average molecular weight is 543 g/mol. The number of esters is 1. The van der Waals surface area contributed by atoms with Crippen LogP contribution in [0, 0.1) is 11.8 Å². The molecular weight excluding hydrogens is 512 g/mol.